The molecule has 0 aliphatic heterocycles. The molecule has 0 saturated carbocycles. The summed E-state index contributed by atoms with van der Waals surface area (Å²) in [6, 6.07) is 4.62. The predicted octanol–water partition coefficient (Wildman–Crippen LogP) is 3.52. The van der Waals surface area contributed by atoms with Gasteiger partial charge in [0.15, 0.2) is 0 Å². The average Bonchev–Trinajstić information content (AvgIpc) is 2.38. The van der Waals surface area contributed by atoms with E-state index in [-0.39, 0.29) is 18.6 Å². The van der Waals surface area contributed by atoms with Gasteiger partial charge in [-0.05, 0) is 37.0 Å². The Morgan fingerprint density at radius 3 is 2.74 bits per heavy atom. The van der Waals surface area contributed by atoms with Crippen molar-refractivity contribution < 1.29 is 9.90 Å². The van der Waals surface area contributed by atoms with Crippen molar-refractivity contribution in [2.24, 2.45) is 5.92 Å². The maximum atomic E-state index is 11.6. The van der Waals surface area contributed by atoms with E-state index < -0.39 is 0 Å². The van der Waals surface area contributed by atoms with Gasteiger partial charge < -0.3 is 15.7 Å². The van der Waals surface area contributed by atoms with Crippen molar-refractivity contribution in [2.75, 3.05) is 18.5 Å². The molecule has 1 rings (SSSR count). The second kappa shape index (κ2) is 8.25. The summed E-state index contributed by atoms with van der Waals surface area (Å²) in [5, 5.41) is 15.1. The van der Waals surface area contributed by atoms with Gasteiger partial charge in [-0.25, -0.2) is 4.79 Å². The van der Waals surface area contributed by atoms with Gasteiger partial charge in [0.05, 0.1) is 10.0 Å². The lowest BCUT2D eigenvalue weighted by atomic mass is 10.1. The Morgan fingerprint density at radius 1 is 1.37 bits per heavy atom. The first kappa shape index (κ1) is 16.1. The highest BCUT2D eigenvalue weighted by Crippen LogP contribution is 2.24. The quantitative estimate of drug-likeness (QED) is 0.704. The third-order valence-electron chi connectivity index (χ3n) is 2.65. The zero-order chi connectivity index (χ0) is 14.3. The fourth-order valence-corrected chi connectivity index (χ4v) is 1.79. The highest BCUT2D eigenvalue weighted by Gasteiger charge is 2.04. The topological polar surface area (TPSA) is 61.4 Å². The van der Waals surface area contributed by atoms with E-state index in [1.54, 1.807) is 18.2 Å². The monoisotopic (exact) mass is 304 g/mol. The minimum Gasteiger partial charge on any atom is -0.396 e. The Balaban J connectivity index is 2.29. The smallest absolute Gasteiger partial charge is 0.319 e. The molecule has 0 bridgehead atoms. The van der Waals surface area contributed by atoms with Crippen LogP contribution in [0.3, 0.4) is 0 Å². The Labute approximate surface area is 123 Å². The second-order valence-corrected chi connectivity index (χ2v) is 5.25. The number of aliphatic hydroxyl groups excluding tert-OH is 1. The Hall–Kier alpha value is -0.970. The highest BCUT2D eigenvalue weighted by molar-refractivity contribution is 6.42. The van der Waals surface area contributed by atoms with Gasteiger partial charge >= 0.3 is 6.03 Å². The number of aliphatic hydroxyl groups is 1. The summed E-state index contributed by atoms with van der Waals surface area (Å²) in [4.78, 5) is 11.6. The molecule has 0 spiro atoms. The van der Waals surface area contributed by atoms with Crippen molar-refractivity contribution in [3.8, 4) is 0 Å². The van der Waals surface area contributed by atoms with E-state index >= 15 is 0 Å². The van der Waals surface area contributed by atoms with Gasteiger partial charge in [0, 0.05) is 18.8 Å². The molecule has 3 N–H and O–H groups in total. The van der Waals surface area contributed by atoms with Gasteiger partial charge in [-0.2, -0.15) is 0 Å². The van der Waals surface area contributed by atoms with Crippen molar-refractivity contribution in [3.05, 3.63) is 28.2 Å². The zero-order valence-corrected chi connectivity index (χ0v) is 12.3. The fourth-order valence-electron chi connectivity index (χ4n) is 1.49. The minimum absolute atomic E-state index is 0.176. The first-order valence-corrected chi connectivity index (χ1v) is 6.89. The van der Waals surface area contributed by atoms with Gasteiger partial charge in [0.25, 0.3) is 0 Å². The van der Waals surface area contributed by atoms with E-state index in [1.165, 1.54) is 0 Å². The molecule has 0 aliphatic carbocycles. The van der Waals surface area contributed by atoms with Crippen molar-refractivity contribution in [2.45, 2.75) is 19.8 Å². The molecule has 1 aromatic rings. The number of urea groups is 1. The van der Waals surface area contributed by atoms with Crippen LogP contribution in [0.25, 0.3) is 0 Å². The van der Waals surface area contributed by atoms with Crippen molar-refractivity contribution in [1.29, 1.82) is 0 Å². The number of amides is 2. The third kappa shape index (κ3) is 6.14. The summed E-state index contributed by atoms with van der Waals surface area (Å²) in [5.74, 6) is 0.264. The SMILES string of the molecule is CC(CO)CCCNC(=O)Nc1ccc(Cl)c(Cl)c1. The lowest BCUT2D eigenvalue weighted by Gasteiger charge is -2.10. The molecule has 0 radical (unpaired) electrons. The summed E-state index contributed by atoms with van der Waals surface area (Å²) < 4.78 is 0. The molecule has 6 heteroatoms. The van der Waals surface area contributed by atoms with Crippen LogP contribution in [-0.4, -0.2) is 24.3 Å². The maximum Gasteiger partial charge on any atom is 0.319 e. The lowest BCUT2D eigenvalue weighted by molar-refractivity contribution is 0.227. The molecule has 1 aromatic carbocycles. The van der Waals surface area contributed by atoms with Crippen LogP contribution in [0.4, 0.5) is 10.5 Å². The van der Waals surface area contributed by atoms with Crippen LogP contribution in [0, 0.1) is 5.92 Å². The van der Waals surface area contributed by atoms with Crippen LogP contribution < -0.4 is 10.6 Å². The van der Waals surface area contributed by atoms with Crippen LogP contribution in [0.2, 0.25) is 10.0 Å². The minimum atomic E-state index is -0.282. The van der Waals surface area contributed by atoms with Crippen LogP contribution in [-0.2, 0) is 0 Å². The molecular weight excluding hydrogens is 287 g/mol. The number of hydrogen-bond acceptors (Lipinski definition) is 2. The second-order valence-electron chi connectivity index (χ2n) is 4.44. The molecule has 0 fully saturated rings. The summed E-state index contributed by atoms with van der Waals surface area (Å²) in [6.07, 6.45) is 1.71. The molecule has 1 unspecified atom stereocenters. The highest BCUT2D eigenvalue weighted by atomic mass is 35.5. The third-order valence-corrected chi connectivity index (χ3v) is 3.39. The first-order chi connectivity index (χ1) is 9.02. The maximum absolute atomic E-state index is 11.6. The molecule has 0 aliphatic rings. The number of halogens is 2. The van der Waals surface area contributed by atoms with Crippen LogP contribution in [0.1, 0.15) is 19.8 Å². The zero-order valence-electron chi connectivity index (χ0n) is 10.7. The van der Waals surface area contributed by atoms with Crippen LogP contribution >= 0.6 is 23.2 Å². The average molecular weight is 305 g/mol. The number of anilines is 1. The number of carbonyl (C=O) groups excluding carboxylic acids is 1. The molecule has 106 valence electrons. The fraction of sp³-hybridized carbons (Fsp3) is 0.462. The first-order valence-electron chi connectivity index (χ1n) is 6.13. The summed E-state index contributed by atoms with van der Waals surface area (Å²) >= 11 is 11.6. The number of carbonyl (C=O) groups is 1. The number of hydrogen-bond donors (Lipinski definition) is 3. The van der Waals surface area contributed by atoms with Gasteiger partial charge in [0.1, 0.15) is 0 Å². The van der Waals surface area contributed by atoms with Gasteiger partial charge in [-0.3, -0.25) is 0 Å². The van der Waals surface area contributed by atoms with E-state index in [4.69, 9.17) is 28.3 Å². The Bertz CT molecular complexity index is 427. The summed E-state index contributed by atoms with van der Waals surface area (Å²) in [6.45, 7) is 2.71. The summed E-state index contributed by atoms with van der Waals surface area (Å²) in [7, 11) is 0. The molecule has 4 nitrogen and oxygen atoms in total. The van der Waals surface area contributed by atoms with E-state index in [2.05, 4.69) is 10.6 Å². The van der Waals surface area contributed by atoms with Gasteiger partial charge in [0.2, 0.25) is 0 Å². The van der Waals surface area contributed by atoms with E-state index in [0.29, 0.717) is 22.3 Å². The number of rotatable bonds is 6. The normalized spacial score (nSPS) is 12.0. The van der Waals surface area contributed by atoms with E-state index in [9.17, 15) is 4.79 Å². The molecular formula is C13H18Cl2N2O2. The molecule has 19 heavy (non-hydrogen) atoms. The van der Waals surface area contributed by atoms with Crippen molar-refractivity contribution >= 4 is 34.9 Å². The molecule has 0 saturated heterocycles. The predicted molar refractivity (Wildman–Crippen MR) is 79.0 cm³/mol. The Morgan fingerprint density at radius 2 is 2.11 bits per heavy atom. The van der Waals surface area contributed by atoms with Crippen LogP contribution in [0.5, 0.6) is 0 Å². The lowest BCUT2D eigenvalue weighted by Crippen LogP contribution is -2.29. The van der Waals surface area contributed by atoms with E-state index in [1.807, 2.05) is 6.92 Å². The molecule has 0 heterocycles. The van der Waals surface area contributed by atoms with Crippen molar-refractivity contribution in [1.82, 2.24) is 5.32 Å². The van der Waals surface area contributed by atoms with Crippen LogP contribution in [0.15, 0.2) is 18.2 Å². The van der Waals surface area contributed by atoms with E-state index in [0.717, 1.165) is 12.8 Å². The molecule has 2 amide bonds. The standard InChI is InChI=1S/C13H18Cl2N2O2/c1-9(8-18)3-2-6-16-13(19)17-10-4-5-11(14)12(15)7-10/h4-5,7,9,18H,2-3,6,8H2,1H3,(H2,16,17,19). The number of nitrogens with one attached hydrogen (secondary N) is 2. The Kier molecular flexibility index (Phi) is 6.99. The molecule has 0 aromatic heterocycles. The largest absolute Gasteiger partial charge is 0.396 e. The molecule has 1 atom stereocenters. The summed E-state index contributed by atoms with van der Waals surface area (Å²) in [5.41, 5.74) is 0.593. The van der Waals surface area contributed by atoms with Gasteiger partial charge in [-0.15, -0.1) is 0 Å². The number of benzene rings is 1. The van der Waals surface area contributed by atoms with Crippen molar-refractivity contribution in [3.63, 3.8) is 0 Å². The van der Waals surface area contributed by atoms with Gasteiger partial charge in [-0.1, -0.05) is 30.1 Å².